The van der Waals surface area contributed by atoms with E-state index in [0.29, 0.717) is 5.88 Å². The number of hydrogen-bond acceptors (Lipinski definition) is 5. The highest BCUT2D eigenvalue weighted by Gasteiger charge is 2.26. The first-order valence-corrected chi connectivity index (χ1v) is 8.04. The summed E-state index contributed by atoms with van der Waals surface area (Å²) in [5.41, 5.74) is 0. The van der Waals surface area contributed by atoms with Crippen molar-refractivity contribution in [3.63, 3.8) is 0 Å². The third-order valence-electron chi connectivity index (χ3n) is 3.52. The Hall–Kier alpha value is -1.36. The summed E-state index contributed by atoms with van der Waals surface area (Å²) in [6.45, 7) is 9.22. The van der Waals surface area contributed by atoms with Crippen molar-refractivity contribution >= 4 is 5.82 Å². The first-order valence-electron chi connectivity index (χ1n) is 8.04. The van der Waals surface area contributed by atoms with Gasteiger partial charge in [-0.1, -0.05) is 6.92 Å². The summed E-state index contributed by atoms with van der Waals surface area (Å²) in [6.07, 6.45) is 4.37. The zero-order valence-corrected chi connectivity index (χ0v) is 13.6. The number of nitrogens with zero attached hydrogens (tertiary/aromatic N) is 2. The van der Waals surface area contributed by atoms with Gasteiger partial charge in [0.2, 0.25) is 5.88 Å². The quantitative estimate of drug-likeness (QED) is 0.873. The van der Waals surface area contributed by atoms with Crippen LogP contribution in [-0.4, -0.2) is 34.8 Å². The normalized spacial score (nSPS) is 25.6. The average Bonchev–Trinajstić information content (AvgIpc) is 2.37. The van der Waals surface area contributed by atoms with E-state index in [4.69, 9.17) is 9.47 Å². The van der Waals surface area contributed by atoms with E-state index >= 15 is 0 Å². The van der Waals surface area contributed by atoms with Crippen LogP contribution in [-0.2, 0) is 11.2 Å². The van der Waals surface area contributed by atoms with Crippen LogP contribution < -0.4 is 10.1 Å². The van der Waals surface area contributed by atoms with Crippen molar-refractivity contribution in [2.45, 2.75) is 71.7 Å². The summed E-state index contributed by atoms with van der Waals surface area (Å²) in [5.74, 6) is 2.37. The maximum absolute atomic E-state index is 6.10. The maximum atomic E-state index is 6.10. The van der Waals surface area contributed by atoms with Gasteiger partial charge in [0, 0.05) is 31.9 Å². The summed E-state index contributed by atoms with van der Waals surface area (Å²) in [6, 6.07) is 1.90. The summed E-state index contributed by atoms with van der Waals surface area (Å²) < 4.78 is 11.9. The number of aromatic nitrogens is 2. The largest absolute Gasteiger partial charge is 0.474 e. The summed E-state index contributed by atoms with van der Waals surface area (Å²) >= 11 is 0. The molecule has 118 valence electrons. The molecule has 1 aromatic rings. The van der Waals surface area contributed by atoms with E-state index in [9.17, 15) is 0 Å². The Kier molecular flexibility index (Phi) is 5.79. The highest BCUT2D eigenvalue weighted by Crippen LogP contribution is 2.24. The van der Waals surface area contributed by atoms with Crippen LogP contribution in [0.4, 0.5) is 5.82 Å². The van der Waals surface area contributed by atoms with Gasteiger partial charge in [0.05, 0.1) is 12.2 Å². The number of ether oxygens (including phenoxy) is 2. The molecular weight excluding hydrogens is 266 g/mol. The second kappa shape index (κ2) is 7.59. The lowest BCUT2D eigenvalue weighted by Crippen LogP contribution is -2.35. The van der Waals surface area contributed by atoms with Gasteiger partial charge in [-0.15, -0.1) is 0 Å². The smallest absolute Gasteiger partial charge is 0.219 e. The highest BCUT2D eigenvalue weighted by atomic mass is 16.5. The molecule has 2 atom stereocenters. The second-order valence-corrected chi connectivity index (χ2v) is 5.76. The molecule has 2 rings (SSSR count). The van der Waals surface area contributed by atoms with Crippen molar-refractivity contribution in [3.8, 4) is 5.88 Å². The SMILES string of the molecule is CCCc1nc(NCC)cc(OC2CC(C)OC(C)C2)n1. The molecule has 0 spiro atoms. The zero-order chi connectivity index (χ0) is 15.2. The Morgan fingerprint density at radius 1 is 1.24 bits per heavy atom. The number of hydrogen-bond donors (Lipinski definition) is 1. The lowest BCUT2D eigenvalue weighted by molar-refractivity contribution is -0.0730. The molecule has 0 saturated carbocycles. The lowest BCUT2D eigenvalue weighted by Gasteiger charge is -2.32. The fourth-order valence-electron chi connectivity index (χ4n) is 2.75. The zero-order valence-electron chi connectivity index (χ0n) is 13.6. The van der Waals surface area contributed by atoms with Crippen molar-refractivity contribution < 1.29 is 9.47 Å². The standard InChI is InChI=1S/C16H27N3O2/c1-5-7-14-18-15(17-6-2)10-16(19-14)21-13-8-11(3)20-12(4)9-13/h10-13H,5-9H2,1-4H3,(H,17,18,19). The lowest BCUT2D eigenvalue weighted by atomic mass is 10.0. The molecule has 1 aromatic heterocycles. The van der Waals surface area contributed by atoms with E-state index in [1.807, 2.05) is 6.07 Å². The minimum atomic E-state index is 0.169. The van der Waals surface area contributed by atoms with Gasteiger partial charge in [-0.2, -0.15) is 4.98 Å². The summed E-state index contributed by atoms with van der Waals surface area (Å²) in [7, 11) is 0. The molecule has 0 bridgehead atoms. The molecule has 1 aliphatic heterocycles. The third-order valence-corrected chi connectivity index (χ3v) is 3.52. The Morgan fingerprint density at radius 3 is 2.57 bits per heavy atom. The minimum Gasteiger partial charge on any atom is -0.474 e. The molecule has 1 N–H and O–H groups in total. The van der Waals surface area contributed by atoms with Crippen molar-refractivity contribution in [2.75, 3.05) is 11.9 Å². The maximum Gasteiger partial charge on any atom is 0.219 e. The highest BCUT2D eigenvalue weighted by molar-refractivity contribution is 5.38. The molecule has 0 aromatic carbocycles. The molecule has 2 unspecified atom stereocenters. The minimum absolute atomic E-state index is 0.169. The molecule has 1 aliphatic rings. The second-order valence-electron chi connectivity index (χ2n) is 5.76. The first-order chi connectivity index (χ1) is 10.1. The van der Waals surface area contributed by atoms with Gasteiger partial charge < -0.3 is 14.8 Å². The van der Waals surface area contributed by atoms with Crippen LogP contribution in [0.5, 0.6) is 5.88 Å². The van der Waals surface area contributed by atoms with E-state index in [-0.39, 0.29) is 18.3 Å². The van der Waals surface area contributed by atoms with E-state index in [2.05, 4.69) is 43.0 Å². The van der Waals surface area contributed by atoms with E-state index in [0.717, 1.165) is 43.9 Å². The van der Waals surface area contributed by atoms with Gasteiger partial charge >= 0.3 is 0 Å². The van der Waals surface area contributed by atoms with Gasteiger partial charge in [-0.05, 0) is 27.2 Å². The van der Waals surface area contributed by atoms with Crippen LogP contribution in [0.25, 0.3) is 0 Å². The average molecular weight is 293 g/mol. The van der Waals surface area contributed by atoms with Crippen molar-refractivity contribution in [1.82, 2.24) is 9.97 Å². The predicted molar refractivity (Wildman–Crippen MR) is 83.8 cm³/mol. The Balaban J connectivity index is 2.10. The van der Waals surface area contributed by atoms with Crippen LogP contribution in [0.3, 0.4) is 0 Å². The van der Waals surface area contributed by atoms with Crippen molar-refractivity contribution in [3.05, 3.63) is 11.9 Å². The van der Waals surface area contributed by atoms with Gasteiger partial charge in [0.1, 0.15) is 17.7 Å². The Morgan fingerprint density at radius 2 is 1.95 bits per heavy atom. The Bertz CT molecular complexity index is 419. The number of anilines is 1. The van der Waals surface area contributed by atoms with Crippen molar-refractivity contribution in [1.29, 1.82) is 0 Å². The molecule has 5 heteroatoms. The van der Waals surface area contributed by atoms with Crippen LogP contribution in [0.15, 0.2) is 6.07 Å². The van der Waals surface area contributed by atoms with Gasteiger partial charge in [-0.3, -0.25) is 0 Å². The number of nitrogens with one attached hydrogen (secondary N) is 1. The predicted octanol–water partition coefficient (Wildman–Crippen LogP) is 3.20. The summed E-state index contributed by atoms with van der Waals surface area (Å²) in [4.78, 5) is 9.04. The van der Waals surface area contributed by atoms with Crippen LogP contribution in [0.1, 0.15) is 52.8 Å². The van der Waals surface area contributed by atoms with Crippen LogP contribution in [0.2, 0.25) is 0 Å². The number of rotatable bonds is 6. The van der Waals surface area contributed by atoms with Crippen LogP contribution in [0, 0.1) is 0 Å². The monoisotopic (exact) mass is 293 g/mol. The first kappa shape index (κ1) is 16.0. The van der Waals surface area contributed by atoms with Gasteiger partial charge in [0.25, 0.3) is 0 Å². The molecule has 5 nitrogen and oxygen atoms in total. The summed E-state index contributed by atoms with van der Waals surface area (Å²) in [5, 5.41) is 3.25. The molecule has 21 heavy (non-hydrogen) atoms. The van der Waals surface area contributed by atoms with E-state index < -0.39 is 0 Å². The molecular formula is C16H27N3O2. The van der Waals surface area contributed by atoms with E-state index in [1.165, 1.54) is 0 Å². The fourth-order valence-corrected chi connectivity index (χ4v) is 2.75. The third kappa shape index (κ3) is 4.84. The van der Waals surface area contributed by atoms with Crippen LogP contribution >= 0.6 is 0 Å². The molecule has 0 radical (unpaired) electrons. The molecule has 2 heterocycles. The number of aryl methyl sites for hydroxylation is 1. The molecule has 0 aliphatic carbocycles. The molecule has 1 fully saturated rings. The van der Waals surface area contributed by atoms with E-state index in [1.54, 1.807) is 0 Å². The molecule has 0 amide bonds. The fraction of sp³-hybridized carbons (Fsp3) is 0.750. The topological polar surface area (TPSA) is 56.3 Å². The Labute approximate surface area is 127 Å². The van der Waals surface area contributed by atoms with Gasteiger partial charge in [0.15, 0.2) is 0 Å². The van der Waals surface area contributed by atoms with Gasteiger partial charge in [-0.25, -0.2) is 4.98 Å². The van der Waals surface area contributed by atoms with Crippen molar-refractivity contribution in [2.24, 2.45) is 0 Å². The molecule has 1 saturated heterocycles.